The van der Waals surface area contributed by atoms with Crippen LogP contribution in [0.5, 0.6) is 0 Å². The Hall–Kier alpha value is -0.890. The molecule has 23 heavy (non-hydrogen) atoms. The van der Waals surface area contributed by atoms with Crippen LogP contribution >= 0.6 is 0 Å². The Morgan fingerprint density at radius 2 is 1.39 bits per heavy atom. The molecule has 0 fully saturated rings. The third-order valence-electron chi connectivity index (χ3n) is 2.72. The first-order chi connectivity index (χ1) is 10.9. The van der Waals surface area contributed by atoms with E-state index >= 15 is 0 Å². The molecule has 0 aliphatic carbocycles. The standard InChI is InChI=1S/C16H34N2O5/c1-16(2,3)23-15(19)18(4)8-6-10-21-12-14-22-13-11-20-9-5-7-17/h5-14,17H2,1-4H3. The lowest BCUT2D eigenvalue weighted by atomic mass is 10.2. The van der Waals surface area contributed by atoms with Crippen molar-refractivity contribution in [3.8, 4) is 0 Å². The van der Waals surface area contributed by atoms with Crippen LogP contribution in [0.25, 0.3) is 0 Å². The normalized spacial score (nSPS) is 11.5. The van der Waals surface area contributed by atoms with Gasteiger partial charge >= 0.3 is 6.09 Å². The molecule has 0 aliphatic rings. The van der Waals surface area contributed by atoms with Crippen molar-refractivity contribution in [3.63, 3.8) is 0 Å². The van der Waals surface area contributed by atoms with Gasteiger partial charge in [-0.05, 0) is 40.2 Å². The molecular formula is C16H34N2O5. The Morgan fingerprint density at radius 1 is 0.913 bits per heavy atom. The first-order valence-corrected chi connectivity index (χ1v) is 8.24. The van der Waals surface area contributed by atoms with Gasteiger partial charge in [-0.3, -0.25) is 0 Å². The lowest BCUT2D eigenvalue weighted by Gasteiger charge is -2.24. The molecule has 7 heteroatoms. The zero-order chi connectivity index (χ0) is 17.6. The maximum Gasteiger partial charge on any atom is 0.410 e. The molecule has 0 saturated carbocycles. The maximum atomic E-state index is 11.7. The fourth-order valence-electron chi connectivity index (χ4n) is 1.56. The van der Waals surface area contributed by atoms with Gasteiger partial charge in [-0.2, -0.15) is 0 Å². The van der Waals surface area contributed by atoms with E-state index < -0.39 is 5.60 Å². The van der Waals surface area contributed by atoms with Gasteiger partial charge in [0.25, 0.3) is 0 Å². The second kappa shape index (κ2) is 13.5. The highest BCUT2D eigenvalue weighted by Crippen LogP contribution is 2.09. The molecule has 0 aliphatic heterocycles. The van der Waals surface area contributed by atoms with Crippen LogP contribution in [-0.4, -0.2) is 76.4 Å². The van der Waals surface area contributed by atoms with E-state index in [1.165, 1.54) is 0 Å². The Morgan fingerprint density at radius 3 is 1.87 bits per heavy atom. The summed E-state index contributed by atoms with van der Waals surface area (Å²) in [6, 6.07) is 0. The van der Waals surface area contributed by atoms with Crippen molar-refractivity contribution in [2.45, 2.75) is 39.2 Å². The molecule has 0 spiro atoms. The van der Waals surface area contributed by atoms with E-state index in [1.54, 1.807) is 11.9 Å². The summed E-state index contributed by atoms with van der Waals surface area (Å²) in [5, 5.41) is 0. The van der Waals surface area contributed by atoms with Crippen molar-refractivity contribution >= 4 is 6.09 Å². The van der Waals surface area contributed by atoms with Crippen molar-refractivity contribution in [2.75, 3.05) is 59.8 Å². The summed E-state index contributed by atoms with van der Waals surface area (Å²) in [7, 11) is 1.72. The molecule has 1 amide bonds. The summed E-state index contributed by atoms with van der Waals surface area (Å²) in [5.41, 5.74) is 4.89. The monoisotopic (exact) mass is 334 g/mol. The fourth-order valence-corrected chi connectivity index (χ4v) is 1.56. The molecule has 0 aromatic carbocycles. The van der Waals surface area contributed by atoms with Crippen molar-refractivity contribution in [1.29, 1.82) is 0 Å². The predicted octanol–water partition coefficient (Wildman–Crippen LogP) is 1.64. The van der Waals surface area contributed by atoms with Crippen LogP contribution in [-0.2, 0) is 18.9 Å². The summed E-state index contributed by atoms with van der Waals surface area (Å²) >= 11 is 0. The largest absolute Gasteiger partial charge is 0.444 e. The highest BCUT2D eigenvalue weighted by atomic mass is 16.6. The summed E-state index contributed by atoms with van der Waals surface area (Å²) < 4.78 is 21.4. The third kappa shape index (κ3) is 15.8. The number of amides is 1. The smallest absolute Gasteiger partial charge is 0.410 e. The third-order valence-corrected chi connectivity index (χ3v) is 2.72. The van der Waals surface area contributed by atoms with Gasteiger partial charge in [-0.15, -0.1) is 0 Å². The molecule has 2 N–H and O–H groups in total. The van der Waals surface area contributed by atoms with Crippen LogP contribution in [0.15, 0.2) is 0 Å². The highest BCUT2D eigenvalue weighted by Gasteiger charge is 2.18. The van der Waals surface area contributed by atoms with E-state index in [0.29, 0.717) is 52.7 Å². The summed E-state index contributed by atoms with van der Waals surface area (Å²) in [6.45, 7) is 10.3. The SMILES string of the molecule is CN(CCCOCCOCCOCCCN)C(=O)OC(C)(C)C. The molecule has 138 valence electrons. The Kier molecular flexibility index (Phi) is 13.0. The van der Waals surface area contributed by atoms with E-state index in [9.17, 15) is 4.79 Å². The van der Waals surface area contributed by atoms with E-state index in [0.717, 1.165) is 12.8 Å². The van der Waals surface area contributed by atoms with E-state index in [-0.39, 0.29) is 6.09 Å². The van der Waals surface area contributed by atoms with Gasteiger partial charge in [-0.1, -0.05) is 0 Å². The number of hydrogen-bond acceptors (Lipinski definition) is 6. The molecule has 7 nitrogen and oxygen atoms in total. The van der Waals surface area contributed by atoms with Gasteiger partial charge in [0.2, 0.25) is 0 Å². The topological polar surface area (TPSA) is 83.3 Å². The Labute approximate surface area is 140 Å². The number of carbonyl (C=O) groups is 1. The summed E-state index contributed by atoms with van der Waals surface area (Å²) in [4.78, 5) is 13.3. The van der Waals surface area contributed by atoms with E-state index in [2.05, 4.69) is 0 Å². The van der Waals surface area contributed by atoms with Gasteiger partial charge < -0.3 is 29.6 Å². The quantitative estimate of drug-likeness (QED) is 0.516. The molecule has 0 aromatic rings. The number of ether oxygens (including phenoxy) is 4. The minimum atomic E-state index is -0.465. The van der Waals surface area contributed by atoms with Crippen LogP contribution in [0, 0.1) is 0 Å². The second-order valence-electron chi connectivity index (χ2n) is 6.23. The van der Waals surface area contributed by atoms with Gasteiger partial charge in [0.1, 0.15) is 5.60 Å². The number of rotatable bonds is 13. The first kappa shape index (κ1) is 22.1. The molecule has 0 rings (SSSR count). The van der Waals surface area contributed by atoms with E-state index in [1.807, 2.05) is 20.8 Å². The molecule has 0 saturated heterocycles. The van der Waals surface area contributed by atoms with Crippen LogP contribution in [0.2, 0.25) is 0 Å². The van der Waals surface area contributed by atoms with Crippen LogP contribution in [0.1, 0.15) is 33.6 Å². The fraction of sp³-hybridized carbons (Fsp3) is 0.938. The highest BCUT2D eigenvalue weighted by molar-refractivity contribution is 5.67. The Balaban J connectivity index is 3.34. The second-order valence-corrected chi connectivity index (χ2v) is 6.23. The Bertz CT molecular complexity index is 295. The molecule has 0 heterocycles. The van der Waals surface area contributed by atoms with Crippen LogP contribution in [0.3, 0.4) is 0 Å². The lowest BCUT2D eigenvalue weighted by Crippen LogP contribution is -2.35. The number of nitrogens with two attached hydrogens (primary N) is 1. The van der Waals surface area contributed by atoms with Gasteiger partial charge in [0.15, 0.2) is 0 Å². The molecule has 0 bridgehead atoms. The minimum Gasteiger partial charge on any atom is -0.444 e. The summed E-state index contributed by atoms with van der Waals surface area (Å²) in [5.74, 6) is 0. The molecule has 0 unspecified atom stereocenters. The molecule has 0 aromatic heterocycles. The maximum absolute atomic E-state index is 11.7. The van der Waals surface area contributed by atoms with Crippen molar-refractivity contribution in [2.24, 2.45) is 5.73 Å². The van der Waals surface area contributed by atoms with Crippen molar-refractivity contribution in [3.05, 3.63) is 0 Å². The first-order valence-electron chi connectivity index (χ1n) is 8.24. The van der Waals surface area contributed by atoms with Gasteiger partial charge in [0, 0.05) is 26.8 Å². The molecule has 0 radical (unpaired) electrons. The zero-order valence-electron chi connectivity index (χ0n) is 15.1. The molecule has 0 atom stereocenters. The van der Waals surface area contributed by atoms with Crippen LogP contribution < -0.4 is 5.73 Å². The van der Waals surface area contributed by atoms with Crippen molar-refractivity contribution in [1.82, 2.24) is 4.90 Å². The molecular weight excluding hydrogens is 300 g/mol. The van der Waals surface area contributed by atoms with Gasteiger partial charge in [0.05, 0.1) is 26.4 Å². The van der Waals surface area contributed by atoms with Crippen molar-refractivity contribution < 1.29 is 23.7 Å². The van der Waals surface area contributed by atoms with Gasteiger partial charge in [-0.25, -0.2) is 4.79 Å². The lowest BCUT2D eigenvalue weighted by molar-refractivity contribution is 0.0109. The predicted molar refractivity (Wildman–Crippen MR) is 89.6 cm³/mol. The number of nitrogens with zero attached hydrogens (tertiary/aromatic N) is 1. The average Bonchev–Trinajstić information content (AvgIpc) is 2.46. The van der Waals surface area contributed by atoms with E-state index in [4.69, 9.17) is 24.7 Å². The number of hydrogen-bond donors (Lipinski definition) is 1. The average molecular weight is 334 g/mol. The van der Waals surface area contributed by atoms with Crippen LogP contribution in [0.4, 0.5) is 4.79 Å². The minimum absolute atomic E-state index is 0.310. The zero-order valence-corrected chi connectivity index (χ0v) is 15.1. The number of carbonyl (C=O) groups excluding carboxylic acids is 1. The summed E-state index contributed by atoms with van der Waals surface area (Å²) in [6.07, 6.45) is 1.33.